The number of benzene rings is 1. The highest BCUT2D eigenvalue weighted by Crippen LogP contribution is 2.34. The van der Waals surface area contributed by atoms with Crippen molar-refractivity contribution in [2.45, 2.75) is 46.0 Å². The van der Waals surface area contributed by atoms with Crippen molar-refractivity contribution in [1.82, 2.24) is 5.01 Å². The summed E-state index contributed by atoms with van der Waals surface area (Å²) in [6.45, 7) is 6.57. The molecule has 25 heavy (non-hydrogen) atoms. The summed E-state index contributed by atoms with van der Waals surface area (Å²) in [5.41, 5.74) is 2.76. The Balaban J connectivity index is 2.17. The van der Waals surface area contributed by atoms with Gasteiger partial charge in [0.2, 0.25) is 0 Å². The van der Waals surface area contributed by atoms with Gasteiger partial charge in [-0.15, -0.1) is 0 Å². The molecule has 1 aliphatic carbocycles. The maximum absolute atomic E-state index is 10.8. The zero-order valence-electron chi connectivity index (χ0n) is 16.1. The SMILES string of the molecule is COc1ccc(COC2C=C(C)/C(=N/N(C)C)CC(C)(C)C2O)cc1. The molecule has 1 aromatic carbocycles. The Labute approximate surface area is 150 Å². The Hall–Kier alpha value is -1.85. The third-order valence-corrected chi connectivity index (χ3v) is 4.53. The molecule has 138 valence electrons. The first-order valence-corrected chi connectivity index (χ1v) is 8.59. The molecule has 0 spiro atoms. The second kappa shape index (κ2) is 8.02. The van der Waals surface area contributed by atoms with Gasteiger partial charge >= 0.3 is 0 Å². The molecule has 0 amide bonds. The quantitative estimate of drug-likeness (QED) is 0.832. The molecule has 0 bridgehead atoms. The molecule has 0 heterocycles. The van der Waals surface area contributed by atoms with Crippen LogP contribution in [0.4, 0.5) is 0 Å². The van der Waals surface area contributed by atoms with E-state index in [-0.39, 0.29) is 11.5 Å². The summed E-state index contributed by atoms with van der Waals surface area (Å²) in [6, 6.07) is 7.77. The third kappa shape index (κ3) is 5.06. The zero-order valence-corrected chi connectivity index (χ0v) is 16.1. The van der Waals surface area contributed by atoms with Gasteiger partial charge in [-0.25, -0.2) is 0 Å². The average molecular weight is 346 g/mol. The van der Waals surface area contributed by atoms with E-state index in [4.69, 9.17) is 9.47 Å². The van der Waals surface area contributed by atoms with Gasteiger partial charge in [-0.3, -0.25) is 0 Å². The van der Waals surface area contributed by atoms with Crippen LogP contribution in [-0.4, -0.2) is 49.2 Å². The number of hydrazone groups is 1. The number of ether oxygens (including phenoxy) is 2. The van der Waals surface area contributed by atoms with Gasteiger partial charge in [0, 0.05) is 14.1 Å². The third-order valence-electron chi connectivity index (χ3n) is 4.53. The first-order chi connectivity index (χ1) is 11.7. The molecule has 2 rings (SSSR count). The van der Waals surface area contributed by atoms with Gasteiger partial charge < -0.3 is 19.6 Å². The standard InChI is InChI=1S/C20H30N2O3/c1-14-11-18(25-13-15-7-9-16(24-6)10-8-15)19(23)20(2,3)12-17(14)21-22(4)5/h7-11,18-19,23H,12-13H2,1-6H3/b21-17+. The van der Waals surface area contributed by atoms with E-state index >= 15 is 0 Å². The molecular weight excluding hydrogens is 316 g/mol. The highest BCUT2D eigenvalue weighted by Gasteiger charge is 2.38. The maximum Gasteiger partial charge on any atom is 0.118 e. The average Bonchev–Trinajstić information content (AvgIpc) is 2.63. The molecule has 0 fully saturated rings. The normalized spacial score (nSPS) is 24.6. The minimum Gasteiger partial charge on any atom is -0.497 e. The molecule has 0 radical (unpaired) electrons. The van der Waals surface area contributed by atoms with Gasteiger partial charge in [-0.2, -0.15) is 5.10 Å². The van der Waals surface area contributed by atoms with Crippen LogP contribution in [0.5, 0.6) is 5.75 Å². The van der Waals surface area contributed by atoms with E-state index in [0.717, 1.165) is 22.6 Å². The molecule has 5 nitrogen and oxygen atoms in total. The van der Waals surface area contributed by atoms with Crippen molar-refractivity contribution in [2.75, 3.05) is 21.2 Å². The van der Waals surface area contributed by atoms with Gasteiger partial charge in [0.1, 0.15) is 11.9 Å². The predicted octanol–water partition coefficient (Wildman–Crippen LogP) is 3.24. The minimum atomic E-state index is -0.601. The molecule has 1 aromatic rings. The van der Waals surface area contributed by atoms with Crippen molar-refractivity contribution in [1.29, 1.82) is 0 Å². The Morgan fingerprint density at radius 2 is 1.88 bits per heavy atom. The second-order valence-electron chi connectivity index (χ2n) is 7.48. The van der Waals surface area contributed by atoms with E-state index in [2.05, 4.69) is 18.9 Å². The fraction of sp³-hybridized carbons (Fsp3) is 0.550. The fourth-order valence-corrected chi connectivity index (χ4v) is 2.96. The number of allylic oxidation sites excluding steroid dienone is 1. The number of aliphatic hydroxyl groups excluding tert-OH is 1. The number of rotatable bonds is 5. The van der Waals surface area contributed by atoms with Crippen molar-refractivity contribution in [3.8, 4) is 5.75 Å². The molecule has 2 unspecified atom stereocenters. The van der Waals surface area contributed by atoms with E-state index in [1.807, 2.05) is 51.4 Å². The first-order valence-electron chi connectivity index (χ1n) is 8.59. The highest BCUT2D eigenvalue weighted by molar-refractivity contribution is 6.00. The molecule has 1 N–H and O–H groups in total. The summed E-state index contributed by atoms with van der Waals surface area (Å²) in [5, 5.41) is 17.2. The number of aliphatic hydroxyl groups is 1. The highest BCUT2D eigenvalue weighted by atomic mass is 16.5. The van der Waals surface area contributed by atoms with Crippen molar-refractivity contribution in [3.63, 3.8) is 0 Å². The monoisotopic (exact) mass is 346 g/mol. The Bertz CT molecular complexity index is 633. The number of hydrogen-bond acceptors (Lipinski definition) is 5. The van der Waals surface area contributed by atoms with E-state index in [1.54, 1.807) is 12.1 Å². The molecule has 0 saturated heterocycles. The van der Waals surface area contributed by atoms with E-state index in [1.165, 1.54) is 0 Å². The largest absolute Gasteiger partial charge is 0.497 e. The van der Waals surface area contributed by atoms with E-state index in [9.17, 15) is 5.11 Å². The van der Waals surface area contributed by atoms with Crippen LogP contribution in [0.2, 0.25) is 0 Å². The number of methoxy groups -OCH3 is 1. The summed E-state index contributed by atoms with van der Waals surface area (Å²) in [6.07, 6.45) is 1.73. The van der Waals surface area contributed by atoms with Gasteiger partial charge in [-0.05, 0) is 48.1 Å². The lowest BCUT2D eigenvalue weighted by Crippen LogP contribution is -2.39. The lowest BCUT2D eigenvalue weighted by molar-refractivity contribution is -0.0674. The summed E-state index contributed by atoms with van der Waals surface area (Å²) >= 11 is 0. The zero-order chi connectivity index (χ0) is 18.6. The minimum absolute atomic E-state index is 0.326. The Kier molecular flexibility index (Phi) is 6.25. The Morgan fingerprint density at radius 1 is 1.24 bits per heavy atom. The van der Waals surface area contributed by atoms with Gasteiger partial charge in [0.15, 0.2) is 0 Å². The summed E-state index contributed by atoms with van der Waals surface area (Å²) < 4.78 is 11.2. The number of nitrogens with zero attached hydrogens (tertiary/aromatic N) is 2. The lowest BCUT2D eigenvalue weighted by Gasteiger charge is -2.33. The molecule has 0 aromatic heterocycles. The maximum atomic E-state index is 10.8. The molecule has 5 heteroatoms. The molecular formula is C20H30N2O3. The van der Waals surface area contributed by atoms with Crippen LogP contribution in [0.1, 0.15) is 32.8 Å². The van der Waals surface area contributed by atoms with E-state index in [0.29, 0.717) is 13.0 Å². The predicted molar refractivity (Wildman–Crippen MR) is 101 cm³/mol. The first kappa shape index (κ1) is 19.5. The summed E-state index contributed by atoms with van der Waals surface area (Å²) in [4.78, 5) is 0. The lowest BCUT2D eigenvalue weighted by atomic mass is 9.80. The smallest absolute Gasteiger partial charge is 0.118 e. The van der Waals surface area contributed by atoms with Crippen LogP contribution in [0.3, 0.4) is 0 Å². The van der Waals surface area contributed by atoms with Crippen LogP contribution >= 0.6 is 0 Å². The van der Waals surface area contributed by atoms with Gasteiger partial charge in [0.25, 0.3) is 0 Å². The van der Waals surface area contributed by atoms with Crippen LogP contribution in [0, 0.1) is 5.41 Å². The topological polar surface area (TPSA) is 54.3 Å². The second-order valence-corrected chi connectivity index (χ2v) is 7.48. The van der Waals surface area contributed by atoms with Crippen LogP contribution in [-0.2, 0) is 11.3 Å². The molecule has 2 atom stereocenters. The summed E-state index contributed by atoms with van der Waals surface area (Å²) in [7, 11) is 5.47. The van der Waals surface area contributed by atoms with Crippen LogP contribution in [0.15, 0.2) is 41.0 Å². The van der Waals surface area contributed by atoms with Crippen LogP contribution in [0.25, 0.3) is 0 Å². The molecule has 0 saturated carbocycles. The molecule has 1 aliphatic rings. The van der Waals surface area contributed by atoms with Crippen molar-refractivity contribution in [2.24, 2.45) is 10.5 Å². The van der Waals surface area contributed by atoms with E-state index < -0.39 is 6.10 Å². The van der Waals surface area contributed by atoms with Crippen molar-refractivity contribution < 1.29 is 14.6 Å². The van der Waals surface area contributed by atoms with Crippen LogP contribution < -0.4 is 4.74 Å². The van der Waals surface area contributed by atoms with Crippen molar-refractivity contribution in [3.05, 3.63) is 41.5 Å². The Morgan fingerprint density at radius 3 is 2.44 bits per heavy atom. The fourth-order valence-electron chi connectivity index (χ4n) is 2.96. The number of hydrogen-bond donors (Lipinski definition) is 1. The van der Waals surface area contributed by atoms with Gasteiger partial charge in [-0.1, -0.05) is 26.0 Å². The summed E-state index contributed by atoms with van der Waals surface area (Å²) in [5.74, 6) is 0.819. The molecule has 0 aliphatic heterocycles. The van der Waals surface area contributed by atoms with Gasteiger partial charge in [0.05, 0.1) is 25.5 Å². The van der Waals surface area contributed by atoms with Crippen molar-refractivity contribution >= 4 is 5.71 Å².